The van der Waals surface area contributed by atoms with Gasteiger partial charge < -0.3 is 9.47 Å². The third-order valence-corrected chi connectivity index (χ3v) is 5.86. The molecule has 0 radical (unpaired) electrons. The first-order valence-electron chi connectivity index (χ1n) is 9.50. The Labute approximate surface area is 140 Å². The topological polar surface area (TPSA) is 18.5 Å². The summed E-state index contributed by atoms with van der Waals surface area (Å²) >= 11 is 0. The average Bonchev–Trinajstić information content (AvgIpc) is 2.61. The first-order chi connectivity index (χ1) is 11.3. The summed E-state index contributed by atoms with van der Waals surface area (Å²) in [7, 11) is 0. The van der Waals surface area contributed by atoms with Crippen LogP contribution in [0.2, 0.25) is 0 Å². The van der Waals surface area contributed by atoms with Gasteiger partial charge in [0.05, 0.1) is 19.0 Å². The van der Waals surface area contributed by atoms with Crippen molar-refractivity contribution in [2.45, 2.75) is 64.6 Å². The smallest absolute Gasteiger partial charge is 0.160 e. The van der Waals surface area contributed by atoms with E-state index in [-0.39, 0.29) is 12.1 Å². The molecule has 1 heterocycles. The number of allylic oxidation sites excluding steroid dienone is 4. The molecule has 1 atom stereocenters. The first kappa shape index (κ1) is 17.2. The molecule has 2 fully saturated rings. The predicted octanol–water partition coefficient (Wildman–Crippen LogP) is 5.40. The lowest BCUT2D eigenvalue weighted by atomic mass is 9.76. The second-order valence-electron chi connectivity index (χ2n) is 7.49. The molecular weight excluding hydrogens is 291 g/mol. The highest BCUT2D eigenvalue weighted by atomic mass is 19.1. The van der Waals surface area contributed by atoms with Gasteiger partial charge in [-0.25, -0.2) is 4.39 Å². The second kappa shape index (κ2) is 8.43. The monoisotopic (exact) mass is 322 g/mol. The van der Waals surface area contributed by atoms with Crippen molar-refractivity contribution in [2.24, 2.45) is 23.7 Å². The molecule has 2 aliphatic carbocycles. The molecule has 0 N–H and O–H groups in total. The Kier molecular flexibility index (Phi) is 6.29. The van der Waals surface area contributed by atoms with E-state index in [0.29, 0.717) is 18.3 Å². The van der Waals surface area contributed by atoms with Gasteiger partial charge in [0.15, 0.2) is 6.29 Å². The van der Waals surface area contributed by atoms with Crippen LogP contribution in [-0.4, -0.2) is 19.5 Å². The highest BCUT2D eigenvalue weighted by Crippen LogP contribution is 2.37. The summed E-state index contributed by atoms with van der Waals surface area (Å²) in [5.74, 6) is 2.46. The fraction of sp³-hybridized carbons (Fsp3) is 0.800. The lowest BCUT2D eigenvalue weighted by molar-refractivity contribution is -0.233. The quantitative estimate of drug-likeness (QED) is 0.645. The highest BCUT2D eigenvalue weighted by Gasteiger charge is 2.34. The largest absolute Gasteiger partial charge is 0.352 e. The normalized spacial score (nSPS) is 39.4. The Hall–Kier alpha value is -0.670. The molecule has 0 spiro atoms. The third kappa shape index (κ3) is 4.67. The number of ether oxygens (including phenoxy) is 2. The molecule has 1 aliphatic heterocycles. The Balaban J connectivity index is 1.40. The van der Waals surface area contributed by atoms with Gasteiger partial charge >= 0.3 is 0 Å². The minimum atomic E-state index is -0.112. The number of halogens is 1. The summed E-state index contributed by atoms with van der Waals surface area (Å²) in [6.45, 7) is 3.85. The summed E-state index contributed by atoms with van der Waals surface area (Å²) in [5, 5.41) is 0. The van der Waals surface area contributed by atoms with Crippen molar-refractivity contribution in [2.75, 3.05) is 13.2 Å². The maximum absolute atomic E-state index is 13.1. The molecule has 23 heavy (non-hydrogen) atoms. The van der Waals surface area contributed by atoms with Gasteiger partial charge in [0, 0.05) is 11.8 Å². The van der Waals surface area contributed by atoms with Gasteiger partial charge in [-0.3, -0.25) is 0 Å². The summed E-state index contributed by atoms with van der Waals surface area (Å²) in [4.78, 5) is 0. The van der Waals surface area contributed by atoms with E-state index in [1.54, 1.807) is 6.08 Å². The molecule has 1 unspecified atom stereocenters. The molecule has 3 heteroatoms. The zero-order valence-electron chi connectivity index (χ0n) is 14.4. The molecule has 0 aromatic heterocycles. The van der Waals surface area contributed by atoms with Crippen molar-refractivity contribution in [3.8, 4) is 0 Å². The van der Waals surface area contributed by atoms with E-state index in [9.17, 15) is 4.39 Å². The van der Waals surface area contributed by atoms with Gasteiger partial charge in [0.25, 0.3) is 0 Å². The minimum Gasteiger partial charge on any atom is -0.352 e. The lowest BCUT2D eigenvalue weighted by Gasteiger charge is -2.39. The summed E-state index contributed by atoms with van der Waals surface area (Å²) in [6.07, 6.45) is 14.9. The number of hydrogen-bond acceptors (Lipinski definition) is 2. The van der Waals surface area contributed by atoms with Gasteiger partial charge in [-0.1, -0.05) is 25.2 Å². The molecule has 0 aromatic carbocycles. The van der Waals surface area contributed by atoms with E-state index >= 15 is 0 Å². The summed E-state index contributed by atoms with van der Waals surface area (Å²) in [5.41, 5.74) is 0. The first-order valence-corrected chi connectivity index (χ1v) is 9.50. The summed E-state index contributed by atoms with van der Waals surface area (Å²) < 4.78 is 25.2. The van der Waals surface area contributed by atoms with Crippen LogP contribution in [0.3, 0.4) is 0 Å². The van der Waals surface area contributed by atoms with Crippen LogP contribution in [0.25, 0.3) is 0 Å². The van der Waals surface area contributed by atoms with E-state index in [1.165, 1.54) is 25.7 Å². The molecule has 2 nitrogen and oxygen atoms in total. The van der Waals surface area contributed by atoms with E-state index in [0.717, 1.165) is 44.3 Å². The van der Waals surface area contributed by atoms with Crippen LogP contribution >= 0.6 is 0 Å². The van der Waals surface area contributed by atoms with Crippen LogP contribution in [0.15, 0.2) is 24.1 Å². The zero-order chi connectivity index (χ0) is 16.1. The van der Waals surface area contributed by atoms with Crippen molar-refractivity contribution in [1.82, 2.24) is 0 Å². The Morgan fingerprint density at radius 1 is 1.04 bits per heavy atom. The predicted molar refractivity (Wildman–Crippen MR) is 90.6 cm³/mol. The molecule has 1 saturated heterocycles. The van der Waals surface area contributed by atoms with Crippen LogP contribution in [-0.2, 0) is 9.47 Å². The van der Waals surface area contributed by atoms with Gasteiger partial charge in [-0.15, -0.1) is 0 Å². The molecule has 3 aliphatic rings. The minimum absolute atomic E-state index is 0.0313. The highest BCUT2D eigenvalue weighted by molar-refractivity contribution is 4.98. The second-order valence-corrected chi connectivity index (χ2v) is 7.49. The molecule has 1 saturated carbocycles. The van der Waals surface area contributed by atoms with Gasteiger partial charge in [0.2, 0.25) is 0 Å². The van der Waals surface area contributed by atoms with Gasteiger partial charge in [-0.05, 0) is 63.2 Å². The Morgan fingerprint density at radius 3 is 2.39 bits per heavy atom. The van der Waals surface area contributed by atoms with Gasteiger partial charge in [0.1, 0.15) is 0 Å². The molecule has 130 valence electrons. The van der Waals surface area contributed by atoms with E-state index in [1.807, 2.05) is 0 Å². The Bertz CT molecular complexity index is 415. The summed E-state index contributed by atoms with van der Waals surface area (Å²) in [6, 6.07) is 0. The maximum Gasteiger partial charge on any atom is 0.160 e. The van der Waals surface area contributed by atoms with Crippen molar-refractivity contribution < 1.29 is 13.9 Å². The molecule has 0 bridgehead atoms. The zero-order valence-corrected chi connectivity index (χ0v) is 14.4. The van der Waals surface area contributed by atoms with Gasteiger partial charge in [-0.2, -0.15) is 0 Å². The van der Waals surface area contributed by atoms with Crippen molar-refractivity contribution in [1.29, 1.82) is 0 Å². The van der Waals surface area contributed by atoms with Crippen molar-refractivity contribution in [3.05, 3.63) is 24.1 Å². The standard InChI is InChI=1S/C20H31FO2/c1-2-3-4-15-5-7-16(8-6-15)18-13-22-20(23-14-18)17-9-11-19(21)12-10-17/h3-4,11,15-18,20H,2,5-10,12-14H2,1H3/b4-3+. The van der Waals surface area contributed by atoms with E-state index in [4.69, 9.17) is 9.47 Å². The van der Waals surface area contributed by atoms with Crippen LogP contribution in [0.5, 0.6) is 0 Å². The average molecular weight is 322 g/mol. The van der Waals surface area contributed by atoms with Crippen molar-refractivity contribution in [3.63, 3.8) is 0 Å². The maximum atomic E-state index is 13.1. The number of hydrogen-bond donors (Lipinski definition) is 0. The fourth-order valence-electron chi connectivity index (χ4n) is 4.28. The molecule has 0 aromatic rings. The lowest BCUT2D eigenvalue weighted by Crippen LogP contribution is -2.40. The fourth-order valence-corrected chi connectivity index (χ4v) is 4.28. The third-order valence-electron chi connectivity index (χ3n) is 5.86. The van der Waals surface area contributed by atoms with Crippen LogP contribution in [0, 0.1) is 23.7 Å². The van der Waals surface area contributed by atoms with Crippen LogP contribution in [0.1, 0.15) is 58.3 Å². The SMILES string of the molecule is CC/C=C/C1CCC(C2COC(C3CC=C(F)CC3)OC2)CC1. The number of rotatable bonds is 4. The molecular formula is C20H31FO2. The Morgan fingerprint density at radius 2 is 1.78 bits per heavy atom. The van der Waals surface area contributed by atoms with E-state index < -0.39 is 0 Å². The molecule has 0 amide bonds. The van der Waals surface area contributed by atoms with Crippen LogP contribution < -0.4 is 0 Å². The van der Waals surface area contributed by atoms with Crippen LogP contribution in [0.4, 0.5) is 4.39 Å². The molecule has 3 rings (SSSR count). The van der Waals surface area contributed by atoms with Crippen molar-refractivity contribution >= 4 is 0 Å². The van der Waals surface area contributed by atoms with E-state index in [2.05, 4.69) is 19.1 Å².